The van der Waals surface area contributed by atoms with Gasteiger partial charge < -0.3 is 19.6 Å². The first kappa shape index (κ1) is 14.2. The summed E-state index contributed by atoms with van der Waals surface area (Å²) in [4.78, 5) is 17.8. The lowest BCUT2D eigenvalue weighted by molar-refractivity contribution is 0.00589. The predicted octanol–water partition coefficient (Wildman–Crippen LogP) is 1.13. The molecule has 0 spiro atoms. The summed E-state index contributed by atoms with van der Waals surface area (Å²) in [6, 6.07) is 5.02. The van der Waals surface area contributed by atoms with E-state index in [0.29, 0.717) is 5.56 Å². The van der Waals surface area contributed by atoms with E-state index in [0.717, 1.165) is 44.2 Å². The number of ether oxygens (including phenoxy) is 1. The summed E-state index contributed by atoms with van der Waals surface area (Å²) in [5, 5.41) is 9.10. The number of hydrogen-bond donors (Lipinski definition) is 1. The number of anilines is 1. The highest BCUT2D eigenvalue weighted by atomic mass is 16.5. The molecule has 0 aromatic heterocycles. The number of rotatable bonds is 3. The largest absolute Gasteiger partial charge is 0.478 e. The molecular weight excluding hydrogens is 270 g/mol. The molecule has 114 valence electrons. The first-order chi connectivity index (χ1) is 10.1. The zero-order valence-electron chi connectivity index (χ0n) is 12.5. The molecule has 0 bridgehead atoms. The number of likely N-dealkylation sites (N-methyl/N-ethyl adjacent to an activating group) is 1. The SMILES string of the molecule is CCN1CCN(C2Oc3ccc(C(=O)O)cc3N2C)CC1. The Balaban J connectivity index is 1.75. The molecule has 1 N–H and O–H groups in total. The van der Waals surface area contributed by atoms with Crippen LogP contribution in [0, 0.1) is 0 Å². The van der Waals surface area contributed by atoms with Crippen molar-refractivity contribution >= 4 is 11.7 Å². The van der Waals surface area contributed by atoms with Crippen LogP contribution < -0.4 is 9.64 Å². The van der Waals surface area contributed by atoms with Crippen molar-refractivity contribution in [3.63, 3.8) is 0 Å². The van der Waals surface area contributed by atoms with Gasteiger partial charge in [0.15, 0.2) is 0 Å². The van der Waals surface area contributed by atoms with Gasteiger partial charge in [-0.2, -0.15) is 0 Å². The molecule has 0 saturated carbocycles. The van der Waals surface area contributed by atoms with E-state index in [4.69, 9.17) is 9.84 Å². The van der Waals surface area contributed by atoms with Gasteiger partial charge in [0.05, 0.1) is 11.3 Å². The third kappa shape index (κ3) is 2.56. The Hall–Kier alpha value is -1.79. The fraction of sp³-hybridized carbons (Fsp3) is 0.533. The average Bonchev–Trinajstić information content (AvgIpc) is 2.84. The highest BCUT2D eigenvalue weighted by Gasteiger charge is 2.34. The van der Waals surface area contributed by atoms with E-state index in [1.54, 1.807) is 18.2 Å². The number of hydrogen-bond acceptors (Lipinski definition) is 5. The first-order valence-corrected chi connectivity index (χ1v) is 7.33. The molecule has 1 aromatic carbocycles. The quantitative estimate of drug-likeness (QED) is 0.901. The molecule has 1 fully saturated rings. The Bertz CT molecular complexity index is 541. The lowest BCUT2D eigenvalue weighted by Crippen LogP contribution is -2.55. The summed E-state index contributed by atoms with van der Waals surface area (Å²) < 4.78 is 6.00. The molecule has 1 unspecified atom stereocenters. The second kappa shape index (κ2) is 5.54. The maximum absolute atomic E-state index is 11.1. The van der Waals surface area contributed by atoms with Crippen molar-refractivity contribution in [2.24, 2.45) is 0 Å². The van der Waals surface area contributed by atoms with Gasteiger partial charge in [0.2, 0.25) is 6.35 Å². The Morgan fingerprint density at radius 1 is 1.33 bits per heavy atom. The highest BCUT2D eigenvalue weighted by molar-refractivity contribution is 5.89. The van der Waals surface area contributed by atoms with Crippen molar-refractivity contribution in [3.8, 4) is 5.75 Å². The molecule has 1 saturated heterocycles. The Morgan fingerprint density at radius 2 is 2.05 bits per heavy atom. The molecule has 1 atom stereocenters. The lowest BCUT2D eigenvalue weighted by atomic mass is 10.2. The van der Waals surface area contributed by atoms with E-state index in [1.807, 2.05) is 11.9 Å². The summed E-state index contributed by atoms with van der Waals surface area (Å²) >= 11 is 0. The molecule has 2 aliphatic rings. The second-order valence-electron chi connectivity index (χ2n) is 5.51. The molecule has 0 radical (unpaired) electrons. The van der Waals surface area contributed by atoms with Gasteiger partial charge in [0, 0.05) is 33.2 Å². The van der Waals surface area contributed by atoms with Crippen LogP contribution >= 0.6 is 0 Å². The third-order valence-corrected chi connectivity index (χ3v) is 4.32. The number of piperazine rings is 1. The average molecular weight is 291 g/mol. The lowest BCUT2D eigenvalue weighted by Gasteiger charge is -2.38. The van der Waals surface area contributed by atoms with Crippen LogP contribution in [0.4, 0.5) is 5.69 Å². The number of benzene rings is 1. The molecule has 2 aliphatic heterocycles. The van der Waals surface area contributed by atoms with Gasteiger partial charge in [-0.1, -0.05) is 6.92 Å². The van der Waals surface area contributed by atoms with Crippen molar-refractivity contribution in [1.29, 1.82) is 0 Å². The Morgan fingerprint density at radius 3 is 2.67 bits per heavy atom. The predicted molar refractivity (Wildman–Crippen MR) is 79.9 cm³/mol. The molecule has 3 rings (SSSR count). The summed E-state index contributed by atoms with van der Waals surface area (Å²) in [7, 11) is 1.95. The van der Waals surface area contributed by atoms with E-state index >= 15 is 0 Å². The molecular formula is C15H21N3O3. The van der Waals surface area contributed by atoms with Crippen LogP contribution in [-0.4, -0.2) is 67.0 Å². The molecule has 0 aliphatic carbocycles. The molecule has 6 nitrogen and oxygen atoms in total. The number of carboxylic acids is 1. The van der Waals surface area contributed by atoms with Crippen molar-refractivity contribution in [2.75, 3.05) is 44.7 Å². The molecule has 2 heterocycles. The van der Waals surface area contributed by atoms with Crippen LogP contribution in [0.3, 0.4) is 0 Å². The second-order valence-corrected chi connectivity index (χ2v) is 5.51. The number of fused-ring (bicyclic) bond motifs is 1. The van der Waals surface area contributed by atoms with Crippen LogP contribution in [0.15, 0.2) is 18.2 Å². The van der Waals surface area contributed by atoms with Crippen LogP contribution in [-0.2, 0) is 0 Å². The van der Waals surface area contributed by atoms with E-state index in [9.17, 15) is 4.79 Å². The zero-order chi connectivity index (χ0) is 15.0. The van der Waals surface area contributed by atoms with Crippen molar-refractivity contribution in [1.82, 2.24) is 9.80 Å². The topological polar surface area (TPSA) is 56.3 Å². The molecule has 1 aromatic rings. The molecule has 21 heavy (non-hydrogen) atoms. The van der Waals surface area contributed by atoms with Gasteiger partial charge >= 0.3 is 5.97 Å². The van der Waals surface area contributed by atoms with E-state index in [1.165, 1.54) is 0 Å². The van der Waals surface area contributed by atoms with E-state index in [2.05, 4.69) is 16.7 Å². The smallest absolute Gasteiger partial charge is 0.335 e. The molecule has 6 heteroatoms. The van der Waals surface area contributed by atoms with Gasteiger partial charge in [-0.05, 0) is 24.7 Å². The minimum atomic E-state index is -0.911. The zero-order valence-corrected chi connectivity index (χ0v) is 12.5. The summed E-state index contributed by atoms with van der Waals surface area (Å²) in [5.41, 5.74) is 1.14. The van der Waals surface area contributed by atoms with Gasteiger partial charge in [0.25, 0.3) is 0 Å². The van der Waals surface area contributed by atoms with E-state index in [-0.39, 0.29) is 6.35 Å². The van der Waals surface area contributed by atoms with Crippen molar-refractivity contribution in [2.45, 2.75) is 13.3 Å². The fourth-order valence-electron chi connectivity index (χ4n) is 2.96. The fourth-order valence-corrected chi connectivity index (χ4v) is 2.96. The highest BCUT2D eigenvalue weighted by Crippen LogP contribution is 2.37. The molecule has 0 amide bonds. The maximum atomic E-state index is 11.1. The number of aromatic carboxylic acids is 1. The Kier molecular flexibility index (Phi) is 3.73. The van der Waals surface area contributed by atoms with Crippen LogP contribution in [0.25, 0.3) is 0 Å². The van der Waals surface area contributed by atoms with Gasteiger partial charge in [-0.15, -0.1) is 0 Å². The minimum absolute atomic E-state index is 0.136. The summed E-state index contributed by atoms with van der Waals surface area (Å²) in [6.07, 6.45) is -0.136. The van der Waals surface area contributed by atoms with Gasteiger partial charge in [-0.25, -0.2) is 9.69 Å². The summed E-state index contributed by atoms with van der Waals surface area (Å²) in [6.45, 7) is 7.27. The van der Waals surface area contributed by atoms with Crippen LogP contribution in [0.2, 0.25) is 0 Å². The van der Waals surface area contributed by atoms with Crippen molar-refractivity contribution < 1.29 is 14.6 Å². The van der Waals surface area contributed by atoms with Crippen LogP contribution in [0.1, 0.15) is 17.3 Å². The van der Waals surface area contributed by atoms with Crippen molar-refractivity contribution in [3.05, 3.63) is 23.8 Å². The third-order valence-electron chi connectivity index (χ3n) is 4.32. The summed E-state index contributed by atoms with van der Waals surface area (Å²) in [5.74, 6) is -0.156. The number of nitrogens with zero attached hydrogens (tertiary/aromatic N) is 3. The van der Waals surface area contributed by atoms with Gasteiger partial charge in [-0.3, -0.25) is 0 Å². The monoisotopic (exact) mass is 291 g/mol. The minimum Gasteiger partial charge on any atom is -0.478 e. The van der Waals surface area contributed by atoms with Crippen LogP contribution in [0.5, 0.6) is 5.75 Å². The van der Waals surface area contributed by atoms with Gasteiger partial charge in [0.1, 0.15) is 5.75 Å². The van der Waals surface area contributed by atoms with E-state index < -0.39 is 5.97 Å². The standard InChI is InChI=1S/C15H21N3O3/c1-3-17-6-8-18(9-7-17)15-16(2)12-10-11(14(19)20)4-5-13(12)21-15/h4-5,10,15H,3,6-9H2,1-2H3,(H,19,20). The normalized spacial score (nSPS) is 23.0. The first-order valence-electron chi connectivity index (χ1n) is 7.33. The Labute approximate surface area is 124 Å². The number of carbonyl (C=O) groups is 1. The number of carboxylic acid groups (broad SMARTS) is 1. The maximum Gasteiger partial charge on any atom is 0.335 e.